The lowest BCUT2D eigenvalue weighted by atomic mass is 10.0. The van der Waals surface area contributed by atoms with Crippen LogP contribution in [0.2, 0.25) is 0 Å². The standard InChI is InChI=1S/C20H20N6/c1-11-6-12(2)18(13(3)7-11)24-19-16(10-22-20(21)25-19)14-4-5-17-15(8-14)9-23-26-17/h4-10H,1-3H3,(H,23,26)(H3,21,22,24,25). The first kappa shape index (κ1) is 16.1. The molecule has 0 radical (unpaired) electrons. The number of aromatic nitrogens is 4. The molecule has 0 aliphatic rings. The molecule has 2 aromatic heterocycles. The number of fused-ring (bicyclic) bond motifs is 1. The topological polar surface area (TPSA) is 92.5 Å². The Morgan fingerprint density at radius 1 is 1.00 bits per heavy atom. The molecule has 4 N–H and O–H groups in total. The van der Waals surface area contributed by atoms with E-state index in [-0.39, 0.29) is 5.95 Å². The number of anilines is 3. The quantitative estimate of drug-likeness (QED) is 0.516. The van der Waals surface area contributed by atoms with Gasteiger partial charge >= 0.3 is 0 Å². The summed E-state index contributed by atoms with van der Waals surface area (Å²) in [5.74, 6) is 0.929. The Hall–Kier alpha value is -3.41. The van der Waals surface area contributed by atoms with Crippen LogP contribution >= 0.6 is 0 Å². The number of hydrogen-bond donors (Lipinski definition) is 3. The van der Waals surface area contributed by atoms with E-state index < -0.39 is 0 Å². The van der Waals surface area contributed by atoms with E-state index in [1.807, 2.05) is 12.1 Å². The van der Waals surface area contributed by atoms with Crippen molar-refractivity contribution in [2.24, 2.45) is 0 Å². The summed E-state index contributed by atoms with van der Waals surface area (Å²) >= 11 is 0. The van der Waals surface area contributed by atoms with Crippen LogP contribution in [0.1, 0.15) is 16.7 Å². The molecule has 6 heteroatoms. The highest BCUT2D eigenvalue weighted by molar-refractivity contribution is 5.87. The zero-order valence-electron chi connectivity index (χ0n) is 15.0. The average Bonchev–Trinajstić information content (AvgIpc) is 3.06. The molecule has 130 valence electrons. The summed E-state index contributed by atoms with van der Waals surface area (Å²) in [5.41, 5.74) is 13.3. The predicted octanol–water partition coefficient (Wildman–Crippen LogP) is 4.27. The highest BCUT2D eigenvalue weighted by atomic mass is 15.1. The van der Waals surface area contributed by atoms with E-state index in [1.165, 1.54) is 5.56 Å². The lowest BCUT2D eigenvalue weighted by molar-refractivity contribution is 1.12. The SMILES string of the molecule is Cc1cc(C)c(Nc2nc(N)ncc2-c2ccc3[nH]ncc3c2)c(C)c1. The smallest absolute Gasteiger partial charge is 0.221 e. The number of aryl methyl sites for hydroxylation is 3. The first-order valence-corrected chi connectivity index (χ1v) is 8.42. The van der Waals surface area contributed by atoms with E-state index in [0.717, 1.165) is 38.8 Å². The van der Waals surface area contributed by atoms with E-state index in [2.05, 4.69) is 64.5 Å². The Morgan fingerprint density at radius 3 is 2.54 bits per heavy atom. The van der Waals surface area contributed by atoms with Gasteiger partial charge in [-0.2, -0.15) is 10.1 Å². The van der Waals surface area contributed by atoms with Crippen LogP contribution in [0.15, 0.2) is 42.7 Å². The molecule has 0 bridgehead atoms. The third-order valence-electron chi connectivity index (χ3n) is 4.48. The number of H-pyrrole nitrogens is 1. The molecular weight excluding hydrogens is 324 g/mol. The Labute approximate surface area is 151 Å². The summed E-state index contributed by atoms with van der Waals surface area (Å²) in [4.78, 5) is 8.64. The van der Waals surface area contributed by atoms with Crippen molar-refractivity contribution in [1.29, 1.82) is 0 Å². The van der Waals surface area contributed by atoms with E-state index in [4.69, 9.17) is 5.73 Å². The maximum absolute atomic E-state index is 5.86. The average molecular weight is 344 g/mol. The summed E-state index contributed by atoms with van der Waals surface area (Å²) in [7, 11) is 0. The van der Waals surface area contributed by atoms with Crippen molar-refractivity contribution in [3.8, 4) is 11.1 Å². The Morgan fingerprint density at radius 2 is 1.77 bits per heavy atom. The number of rotatable bonds is 3. The van der Waals surface area contributed by atoms with E-state index in [9.17, 15) is 0 Å². The number of nitrogens with zero attached hydrogens (tertiary/aromatic N) is 3. The van der Waals surface area contributed by atoms with Gasteiger partial charge in [0, 0.05) is 22.8 Å². The number of nitrogens with one attached hydrogen (secondary N) is 2. The normalized spacial score (nSPS) is 11.0. The third kappa shape index (κ3) is 2.86. The zero-order valence-corrected chi connectivity index (χ0v) is 15.0. The number of hydrogen-bond acceptors (Lipinski definition) is 5. The summed E-state index contributed by atoms with van der Waals surface area (Å²) in [6, 6.07) is 10.4. The fourth-order valence-electron chi connectivity index (χ4n) is 3.31. The lowest BCUT2D eigenvalue weighted by Gasteiger charge is -2.16. The molecule has 0 atom stereocenters. The first-order chi connectivity index (χ1) is 12.5. The molecular formula is C20H20N6. The van der Waals surface area contributed by atoms with Crippen molar-refractivity contribution in [2.75, 3.05) is 11.1 Å². The van der Waals surface area contributed by atoms with Gasteiger partial charge in [0.1, 0.15) is 5.82 Å². The Kier molecular flexibility index (Phi) is 3.80. The summed E-state index contributed by atoms with van der Waals surface area (Å²) < 4.78 is 0. The van der Waals surface area contributed by atoms with Crippen LogP contribution in [0.4, 0.5) is 17.5 Å². The molecule has 2 heterocycles. The van der Waals surface area contributed by atoms with Gasteiger partial charge in [0.05, 0.1) is 11.7 Å². The van der Waals surface area contributed by atoms with Crippen molar-refractivity contribution in [2.45, 2.75) is 20.8 Å². The molecule has 26 heavy (non-hydrogen) atoms. The van der Waals surface area contributed by atoms with Crippen molar-refractivity contribution < 1.29 is 0 Å². The summed E-state index contributed by atoms with van der Waals surface area (Å²) in [5, 5.41) is 11.5. The van der Waals surface area contributed by atoms with Gasteiger partial charge in [0.25, 0.3) is 0 Å². The molecule has 0 unspecified atom stereocenters. The highest BCUT2D eigenvalue weighted by Gasteiger charge is 2.12. The second kappa shape index (κ2) is 6.15. The van der Waals surface area contributed by atoms with Crippen molar-refractivity contribution in [3.05, 3.63) is 59.4 Å². The van der Waals surface area contributed by atoms with E-state index in [1.54, 1.807) is 12.4 Å². The molecule has 4 rings (SSSR count). The minimum absolute atomic E-state index is 0.239. The third-order valence-corrected chi connectivity index (χ3v) is 4.48. The second-order valence-corrected chi connectivity index (χ2v) is 6.56. The molecule has 6 nitrogen and oxygen atoms in total. The number of benzene rings is 2. The predicted molar refractivity (Wildman–Crippen MR) is 105 cm³/mol. The fourth-order valence-corrected chi connectivity index (χ4v) is 3.31. The molecule has 0 saturated carbocycles. The molecule has 0 spiro atoms. The minimum Gasteiger partial charge on any atom is -0.368 e. The minimum atomic E-state index is 0.239. The zero-order chi connectivity index (χ0) is 18.3. The highest BCUT2D eigenvalue weighted by Crippen LogP contribution is 2.33. The maximum atomic E-state index is 5.86. The summed E-state index contributed by atoms with van der Waals surface area (Å²) in [6.45, 7) is 6.27. The van der Waals surface area contributed by atoms with Crippen molar-refractivity contribution >= 4 is 28.4 Å². The fraction of sp³-hybridized carbons (Fsp3) is 0.150. The first-order valence-electron chi connectivity index (χ1n) is 8.42. The van der Waals surface area contributed by atoms with E-state index >= 15 is 0 Å². The number of aromatic amines is 1. The second-order valence-electron chi connectivity index (χ2n) is 6.56. The van der Waals surface area contributed by atoms with E-state index in [0.29, 0.717) is 5.82 Å². The molecule has 2 aromatic carbocycles. The molecule has 4 aromatic rings. The van der Waals surface area contributed by atoms with Crippen LogP contribution < -0.4 is 11.1 Å². The van der Waals surface area contributed by atoms with Crippen LogP contribution in [0, 0.1) is 20.8 Å². The monoisotopic (exact) mass is 344 g/mol. The van der Waals surface area contributed by atoms with Crippen LogP contribution in [-0.4, -0.2) is 20.2 Å². The Balaban J connectivity index is 1.83. The van der Waals surface area contributed by atoms with Crippen molar-refractivity contribution in [1.82, 2.24) is 20.2 Å². The number of nitrogen functional groups attached to an aromatic ring is 1. The van der Waals surface area contributed by atoms with Gasteiger partial charge in [-0.15, -0.1) is 0 Å². The van der Waals surface area contributed by atoms with Gasteiger partial charge in [0.2, 0.25) is 5.95 Å². The molecule has 0 aliphatic heterocycles. The molecule has 0 aliphatic carbocycles. The van der Waals surface area contributed by atoms with Crippen LogP contribution in [0.3, 0.4) is 0 Å². The summed E-state index contributed by atoms with van der Waals surface area (Å²) in [6.07, 6.45) is 3.56. The number of nitrogens with two attached hydrogens (primary N) is 1. The molecule has 0 fully saturated rings. The van der Waals surface area contributed by atoms with Gasteiger partial charge in [-0.25, -0.2) is 4.98 Å². The van der Waals surface area contributed by atoms with Crippen molar-refractivity contribution in [3.63, 3.8) is 0 Å². The molecule has 0 saturated heterocycles. The molecule has 0 amide bonds. The maximum Gasteiger partial charge on any atom is 0.221 e. The van der Waals surface area contributed by atoms with Crippen LogP contribution in [0.25, 0.3) is 22.0 Å². The van der Waals surface area contributed by atoms with Crippen LogP contribution in [0.5, 0.6) is 0 Å². The Bertz CT molecular complexity index is 1090. The van der Waals surface area contributed by atoms with Crippen LogP contribution in [-0.2, 0) is 0 Å². The van der Waals surface area contributed by atoms with Gasteiger partial charge in [-0.3, -0.25) is 5.10 Å². The van der Waals surface area contributed by atoms with Gasteiger partial charge in [0.15, 0.2) is 0 Å². The largest absolute Gasteiger partial charge is 0.368 e. The van der Waals surface area contributed by atoms with Gasteiger partial charge in [-0.05, 0) is 49.6 Å². The van der Waals surface area contributed by atoms with Gasteiger partial charge in [-0.1, -0.05) is 23.8 Å². The van der Waals surface area contributed by atoms with Gasteiger partial charge < -0.3 is 11.1 Å². The lowest BCUT2D eigenvalue weighted by Crippen LogP contribution is -2.04.